The number of ether oxygens (including phenoxy) is 1. The number of anilines is 1. The number of carbonyl (C=O) groups excluding carboxylic acids is 1. The lowest BCUT2D eigenvalue weighted by Gasteiger charge is -2.38. The Morgan fingerprint density at radius 3 is 2.54 bits per heavy atom. The fraction of sp³-hybridized carbons (Fsp3) is 0.611. The molecule has 0 bridgehead atoms. The van der Waals surface area contributed by atoms with Gasteiger partial charge in [0.2, 0.25) is 0 Å². The van der Waals surface area contributed by atoms with E-state index in [1.54, 1.807) is 32.9 Å². The Balaban J connectivity index is 2.23. The number of aliphatic hydroxyl groups is 1. The monoisotopic (exact) mass is 336 g/mol. The molecule has 0 atom stereocenters. The van der Waals surface area contributed by atoms with Gasteiger partial charge in [-0.1, -0.05) is 6.07 Å². The molecule has 1 aromatic rings. The normalized spacial score (nSPS) is 24.5. The van der Waals surface area contributed by atoms with E-state index < -0.39 is 11.7 Å². The van der Waals surface area contributed by atoms with E-state index in [1.807, 2.05) is 6.07 Å². The van der Waals surface area contributed by atoms with Gasteiger partial charge in [-0.2, -0.15) is 0 Å². The number of phenolic OH excluding ortho intramolecular Hbond substituents is 1. The van der Waals surface area contributed by atoms with Crippen molar-refractivity contribution in [1.82, 2.24) is 0 Å². The van der Waals surface area contributed by atoms with Crippen LogP contribution in [0.4, 0.5) is 10.5 Å². The number of nitrogens with two attached hydrogens (primary N) is 1. The first-order valence-electron chi connectivity index (χ1n) is 8.37. The zero-order chi connectivity index (χ0) is 18.0. The molecule has 2 rings (SSSR count). The van der Waals surface area contributed by atoms with Crippen LogP contribution in [-0.4, -0.2) is 34.6 Å². The highest BCUT2D eigenvalue weighted by Crippen LogP contribution is 2.41. The Bertz CT molecular complexity index is 587. The van der Waals surface area contributed by atoms with Crippen molar-refractivity contribution in [2.24, 2.45) is 5.73 Å². The number of benzene rings is 1. The van der Waals surface area contributed by atoms with Gasteiger partial charge in [-0.15, -0.1) is 0 Å². The van der Waals surface area contributed by atoms with Crippen molar-refractivity contribution in [2.75, 3.05) is 11.9 Å². The largest absolute Gasteiger partial charge is 0.506 e. The van der Waals surface area contributed by atoms with Crippen LogP contribution < -0.4 is 11.1 Å². The highest BCUT2D eigenvalue weighted by molar-refractivity contribution is 5.87. The van der Waals surface area contributed by atoms with Crippen LogP contribution in [0.25, 0.3) is 0 Å². The van der Waals surface area contributed by atoms with E-state index in [9.17, 15) is 15.0 Å². The molecule has 0 saturated heterocycles. The molecule has 0 aliphatic heterocycles. The summed E-state index contributed by atoms with van der Waals surface area (Å²) in [5.74, 6) is -0.0207. The molecule has 0 heterocycles. The number of carbonyl (C=O) groups is 1. The molecule has 5 N–H and O–H groups in total. The zero-order valence-corrected chi connectivity index (χ0v) is 14.6. The maximum absolute atomic E-state index is 12.0. The van der Waals surface area contributed by atoms with Crippen LogP contribution >= 0.6 is 0 Å². The molecule has 0 radical (unpaired) electrons. The summed E-state index contributed by atoms with van der Waals surface area (Å²) in [6, 6.07) is 5.15. The minimum absolute atomic E-state index is 0.0207. The van der Waals surface area contributed by atoms with Crippen molar-refractivity contribution in [2.45, 2.75) is 63.6 Å². The number of hydrogen-bond acceptors (Lipinski definition) is 5. The van der Waals surface area contributed by atoms with Gasteiger partial charge in [0.1, 0.15) is 11.4 Å². The van der Waals surface area contributed by atoms with Crippen molar-refractivity contribution in [1.29, 1.82) is 0 Å². The average molecular weight is 336 g/mol. The summed E-state index contributed by atoms with van der Waals surface area (Å²) in [4.78, 5) is 12.0. The van der Waals surface area contributed by atoms with E-state index in [-0.39, 0.29) is 17.3 Å². The van der Waals surface area contributed by atoms with E-state index in [4.69, 9.17) is 10.5 Å². The summed E-state index contributed by atoms with van der Waals surface area (Å²) in [5, 5.41) is 22.4. The Morgan fingerprint density at radius 2 is 2.00 bits per heavy atom. The van der Waals surface area contributed by atoms with Crippen LogP contribution in [0.5, 0.6) is 5.75 Å². The summed E-state index contributed by atoms with van der Waals surface area (Å²) in [6.45, 7) is 5.79. The SMILES string of the molecule is CC(C)(C)OC(=O)Nc1cc(C2(CN)CCC(O)CC2)ccc1O. The highest BCUT2D eigenvalue weighted by Gasteiger charge is 2.35. The third kappa shape index (κ3) is 4.39. The summed E-state index contributed by atoms with van der Waals surface area (Å²) in [5.41, 5.74) is 6.44. The molecule has 24 heavy (non-hydrogen) atoms. The first-order valence-corrected chi connectivity index (χ1v) is 8.37. The fourth-order valence-corrected chi connectivity index (χ4v) is 3.15. The van der Waals surface area contributed by atoms with Gasteiger partial charge in [-0.3, -0.25) is 5.32 Å². The molecule has 1 aliphatic carbocycles. The Morgan fingerprint density at radius 1 is 1.38 bits per heavy atom. The van der Waals surface area contributed by atoms with Crippen LogP contribution in [0, 0.1) is 0 Å². The Hall–Kier alpha value is -1.79. The molecule has 0 spiro atoms. The van der Waals surface area contributed by atoms with Gasteiger partial charge in [0.25, 0.3) is 0 Å². The number of aliphatic hydroxyl groups excluding tert-OH is 1. The lowest BCUT2D eigenvalue weighted by Crippen LogP contribution is -2.40. The summed E-state index contributed by atoms with van der Waals surface area (Å²) >= 11 is 0. The van der Waals surface area contributed by atoms with Crippen LogP contribution in [0.15, 0.2) is 18.2 Å². The van der Waals surface area contributed by atoms with Gasteiger partial charge in [0, 0.05) is 12.0 Å². The molecule has 1 saturated carbocycles. The number of aromatic hydroxyl groups is 1. The second kappa shape index (κ2) is 6.99. The second-order valence-electron chi connectivity index (χ2n) is 7.57. The standard InChI is InChI=1S/C18H28N2O4/c1-17(2,3)24-16(23)20-14-10-12(4-5-15(14)22)18(11-19)8-6-13(21)7-9-18/h4-5,10,13,21-22H,6-9,11,19H2,1-3H3,(H,20,23). The first kappa shape index (κ1) is 18.5. The Kier molecular flexibility index (Phi) is 5.40. The van der Waals surface area contributed by atoms with Crippen LogP contribution in [0.2, 0.25) is 0 Å². The lowest BCUT2D eigenvalue weighted by molar-refractivity contribution is 0.0635. The third-order valence-corrected chi connectivity index (χ3v) is 4.55. The molecule has 0 aromatic heterocycles. The average Bonchev–Trinajstić information content (AvgIpc) is 2.49. The van der Waals surface area contributed by atoms with Crippen molar-refractivity contribution in [3.8, 4) is 5.75 Å². The second-order valence-corrected chi connectivity index (χ2v) is 7.57. The van der Waals surface area contributed by atoms with E-state index in [0.717, 1.165) is 18.4 Å². The molecule has 6 heteroatoms. The number of phenols is 1. The topological polar surface area (TPSA) is 105 Å². The van der Waals surface area contributed by atoms with Crippen LogP contribution in [0.1, 0.15) is 52.0 Å². The molecule has 1 aromatic carbocycles. The number of amides is 1. The van der Waals surface area contributed by atoms with Gasteiger partial charge >= 0.3 is 6.09 Å². The minimum Gasteiger partial charge on any atom is -0.506 e. The quantitative estimate of drug-likeness (QED) is 0.635. The highest BCUT2D eigenvalue weighted by atomic mass is 16.6. The van der Waals surface area contributed by atoms with Crippen molar-refractivity contribution >= 4 is 11.8 Å². The molecule has 0 unspecified atom stereocenters. The van der Waals surface area contributed by atoms with Gasteiger partial charge in [-0.25, -0.2) is 4.79 Å². The summed E-state index contributed by atoms with van der Waals surface area (Å²) in [6.07, 6.45) is 2.07. The van der Waals surface area contributed by atoms with E-state index in [1.165, 1.54) is 0 Å². The summed E-state index contributed by atoms with van der Waals surface area (Å²) in [7, 11) is 0. The van der Waals surface area contributed by atoms with Crippen molar-refractivity contribution in [3.05, 3.63) is 23.8 Å². The predicted molar refractivity (Wildman–Crippen MR) is 93.2 cm³/mol. The number of hydrogen-bond donors (Lipinski definition) is 4. The molecular formula is C18H28N2O4. The zero-order valence-electron chi connectivity index (χ0n) is 14.6. The molecule has 134 valence electrons. The molecule has 6 nitrogen and oxygen atoms in total. The molecule has 1 amide bonds. The van der Waals surface area contributed by atoms with Gasteiger partial charge < -0.3 is 20.7 Å². The lowest BCUT2D eigenvalue weighted by atomic mass is 9.68. The minimum atomic E-state index is -0.616. The van der Waals surface area contributed by atoms with Gasteiger partial charge in [0.05, 0.1) is 11.8 Å². The fourth-order valence-electron chi connectivity index (χ4n) is 3.15. The molecule has 1 fully saturated rings. The molecular weight excluding hydrogens is 308 g/mol. The smallest absolute Gasteiger partial charge is 0.412 e. The van der Waals surface area contributed by atoms with Crippen molar-refractivity contribution in [3.63, 3.8) is 0 Å². The van der Waals surface area contributed by atoms with E-state index >= 15 is 0 Å². The van der Waals surface area contributed by atoms with Crippen LogP contribution in [0.3, 0.4) is 0 Å². The first-order chi connectivity index (χ1) is 11.1. The summed E-state index contributed by atoms with van der Waals surface area (Å²) < 4.78 is 5.23. The molecule has 1 aliphatic rings. The van der Waals surface area contributed by atoms with Crippen molar-refractivity contribution < 1.29 is 19.7 Å². The van der Waals surface area contributed by atoms with Gasteiger partial charge in [0.15, 0.2) is 0 Å². The maximum Gasteiger partial charge on any atom is 0.412 e. The number of rotatable bonds is 3. The number of nitrogens with one attached hydrogen (secondary N) is 1. The predicted octanol–water partition coefficient (Wildman–Crippen LogP) is 2.87. The van der Waals surface area contributed by atoms with Gasteiger partial charge in [-0.05, 0) is 64.2 Å². The third-order valence-electron chi connectivity index (χ3n) is 4.55. The Labute approximate surface area is 143 Å². The van der Waals surface area contributed by atoms with E-state index in [0.29, 0.717) is 25.1 Å². The maximum atomic E-state index is 12.0. The van der Waals surface area contributed by atoms with Crippen LogP contribution in [-0.2, 0) is 10.2 Å². The van der Waals surface area contributed by atoms with E-state index in [2.05, 4.69) is 5.32 Å².